The first kappa shape index (κ1) is 10.0. The van der Waals surface area contributed by atoms with Crippen molar-refractivity contribution in [2.24, 2.45) is 5.41 Å². The average Bonchev–Trinajstić information content (AvgIpc) is 2.23. The van der Waals surface area contributed by atoms with Crippen molar-refractivity contribution >= 4 is 16.5 Å². The van der Waals surface area contributed by atoms with Crippen molar-refractivity contribution in [3.05, 3.63) is 0 Å². The van der Waals surface area contributed by atoms with Gasteiger partial charge in [-0.05, 0) is 50.6 Å². The quantitative estimate of drug-likeness (QED) is 0.534. The number of rotatable bonds is 0. The molecule has 2 heteroatoms. The van der Waals surface area contributed by atoms with E-state index < -0.39 is 0 Å². The van der Waals surface area contributed by atoms with E-state index in [2.05, 4.69) is 17.7 Å². The second kappa shape index (κ2) is 3.26. The maximum atomic E-state index is 2.71. The zero-order valence-electron chi connectivity index (χ0n) is 9.40. The van der Waals surface area contributed by atoms with E-state index in [0.29, 0.717) is 5.54 Å². The van der Waals surface area contributed by atoms with Gasteiger partial charge in [0.2, 0.25) is 0 Å². The Balaban J connectivity index is 2.10. The van der Waals surface area contributed by atoms with Gasteiger partial charge in [0.1, 0.15) is 0 Å². The van der Waals surface area contributed by atoms with Gasteiger partial charge in [-0.2, -0.15) is 0 Å². The molecule has 0 N–H and O–H groups in total. The van der Waals surface area contributed by atoms with Crippen LogP contribution < -0.4 is 0 Å². The smallest absolute Gasteiger partial charge is 0.322 e. The molecular formula is C11H22AlN. The Bertz CT molecular complexity index is 194. The van der Waals surface area contributed by atoms with Crippen LogP contribution in [-0.4, -0.2) is 32.5 Å². The van der Waals surface area contributed by atoms with Crippen molar-refractivity contribution in [2.45, 2.75) is 57.9 Å². The van der Waals surface area contributed by atoms with E-state index in [-0.39, 0.29) is 0 Å². The summed E-state index contributed by atoms with van der Waals surface area (Å²) >= 11 is 1.25. The fraction of sp³-hybridized carbons (Fsp3) is 1.00. The molecule has 0 aromatic rings. The highest BCUT2D eigenvalue weighted by Gasteiger charge is 2.45. The zero-order valence-corrected chi connectivity index (χ0v) is 11.4. The fourth-order valence-corrected chi connectivity index (χ4v) is 4.29. The monoisotopic (exact) mass is 195 g/mol. The lowest BCUT2D eigenvalue weighted by molar-refractivity contribution is 0.202. The van der Waals surface area contributed by atoms with Crippen LogP contribution in [0.2, 0.25) is 0 Å². The molecule has 1 aliphatic carbocycles. The van der Waals surface area contributed by atoms with Gasteiger partial charge < -0.3 is 3.88 Å². The molecule has 0 bridgehead atoms. The third-order valence-electron chi connectivity index (χ3n) is 4.33. The van der Waals surface area contributed by atoms with Crippen LogP contribution in [0.15, 0.2) is 0 Å². The van der Waals surface area contributed by atoms with Crippen LogP contribution >= 0.6 is 0 Å². The van der Waals surface area contributed by atoms with Crippen LogP contribution in [0.4, 0.5) is 0 Å². The Morgan fingerprint density at radius 3 is 2.15 bits per heavy atom. The lowest BCUT2D eigenvalue weighted by Crippen LogP contribution is -2.35. The molecule has 1 saturated carbocycles. The van der Waals surface area contributed by atoms with E-state index >= 15 is 0 Å². The van der Waals surface area contributed by atoms with E-state index in [1.807, 2.05) is 0 Å². The highest BCUT2D eigenvalue weighted by molar-refractivity contribution is 6.05. The number of hydrogen-bond acceptors (Lipinski definition) is 1. The van der Waals surface area contributed by atoms with Gasteiger partial charge in [-0.15, -0.1) is 0 Å². The Kier molecular flexibility index (Phi) is 2.52. The molecule has 2 aliphatic rings. The van der Waals surface area contributed by atoms with Gasteiger partial charge >= 0.3 is 16.5 Å². The molecule has 1 heterocycles. The third kappa shape index (κ3) is 1.82. The molecule has 74 valence electrons. The van der Waals surface area contributed by atoms with Gasteiger partial charge in [-0.25, -0.2) is 0 Å². The van der Waals surface area contributed by atoms with Crippen LogP contribution in [0, 0.1) is 5.41 Å². The van der Waals surface area contributed by atoms with Gasteiger partial charge in [0.05, 0.1) is 0 Å². The van der Waals surface area contributed by atoms with Crippen molar-refractivity contribution in [2.75, 3.05) is 6.54 Å². The lowest BCUT2D eigenvalue weighted by Gasteiger charge is -2.33. The first-order valence-electron chi connectivity index (χ1n) is 5.75. The summed E-state index contributed by atoms with van der Waals surface area (Å²) in [5.74, 6) is 0. The topological polar surface area (TPSA) is 3.24 Å². The average molecular weight is 195 g/mol. The highest BCUT2D eigenvalue weighted by atomic mass is 27.1. The number of hydrogen-bond donors (Lipinski definition) is 0. The summed E-state index contributed by atoms with van der Waals surface area (Å²) in [7, 11) is 0. The fourth-order valence-electron chi connectivity index (χ4n) is 3.46. The van der Waals surface area contributed by atoms with E-state index in [9.17, 15) is 0 Å². The standard InChI is InChI=1S/C11H20N.Al.2H/c1-10(2)8-11(9-12-10)6-4-3-5-7-11;;;/h3-9H2,1-2H3;;;/q-1;+1;;. The first-order valence-corrected chi connectivity index (χ1v) is 6.65. The van der Waals surface area contributed by atoms with Gasteiger partial charge in [0.15, 0.2) is 0 Å². The molecule has 13 heavy (non-hydrogen) atoms. The Morgan fingerprint density at radius 1 is 1.08 bits per heavy atom. The lowest BCUT2D eigenvalue weighted by atomic mass is 9.71. The summed E-state index contributed by atoms with van der Waals surface area (Å²) in [4.78, 5) is 0. The summed E-state index contributed by atoms with van der Waals surface area (Å²) in [5, 5.41) is 0. The second-order valence-electron chi connectivity index (χ2n) is 5.91. The van der Waals surface area contributed by atoms with E-state index in [0.717, 1.165) is 5.41 Å². The minimum absolute atomic E-state index is 0.517. The summed E-state index contributed by atoms with van der Waals surface area (Å²) in [5.41, 5.74) is 1.26. The minimum Gasteiger partial charge on any atom is -0.385 e. The van der Waals surface area contributed by atoms with Crippen molar-refractivity contribution < 1.29 is 0 Å². The summed E-state index contributed by atoms with van der Waals surface area (Å²) in [6, 6.07) is 0. The Labute approximate surface area is 90.5 Å². The summed E-state index contributed by atoms with van der Waals surface area (Å²) in [6.07, 6.45) is 8.95. The SMILES string of the molecule is CC1(C)CC2(CCCCC2)C[N]1[AlH2]. The molecular weight excluding hydrogens is 173 g/mol. The van der Waals surface area contributed by atoms with Crippen molar-refractivity contribution in [3.63, 3.8) is 0 Å². The largest absolute Gasteiger partial charge is 0.385 e. The van der Waals surface area contributed by atoms with Crippen LogP contribution in [0.5, 0.6) is 0 Å². The van der Waals surface area contributed by atoms with E-state index in [1.165, 1.54) is 61.6 Å². The molecule has 0 aromatic heterocycles. The normalized spacial score (nSPS) is 32.5. The molecule has 1 aliphatic heterocycles. The van der Waals surface area contributed by atoms with Crippen LogP contribution in [0.3, 0.4) is 0 Å². The van der Waals surface area contributed by atoms with Crippen molar-refractivity contribution in [1.82, 2.24) is 3.88 Å². The summed E-state index contributed by atoms with van der Waals surface area (Å²) in [6.45, 7) is 6.28. The molecule has 2 fully saturated rings. The highest BCUT2D eigenvalue weighted by Crippen LogP contribution is 2.49. The molecule has 1 saturated heterocycles. The first-order chi connectivity index (χ1) is 6.04. The summed E-state index contributed by atoms with van der Waals surface area (Å²) < 4.78 is 2.71. The van der Waals surface area contributed by atoms with Crippen LogP contribution in [0.1, 0.15) is 52.4 Å². The molecule has 0 aromatic carbocycles. The van der Waals surface area contributed by atoms with Crippen LogP contribution in [-0.2, 0) is 0 Å². The molecule has 2 rings (SSSR count). The van der Waals surface area contributed by atoms with Crippen LogP contribution in [0.25, 0.3) is 0 Å². The minimum atomic E-state index is 0.517. The predicted octanol–water partition coefficient (Wildman–Crippen LogP) is 1.97. The molecule has 0 atom stereocenters. The van der Waals surface area contributed by atoms with Gasteiger partial charge in [-0.1, -0.05) is 19.3 Å². The van der Waals surface area contributed by atoms with Crippen molar-refractivity contribution in [1.29, 1.82) is 0 Å². The maximum Gasteiger partial charge on any atom is 0.322 e. The Morgan fingerprint density at radius 2 is 1.69 bits per heavy atom. The zero-order chi connectivity index (χ0) is 9.53. The van der Waals surface area contributed by atoms with Gasteiger partial charge in [0, 0.05) is 0 Å². The van der Waals surface area contributed by atoms with Gasteiger partial charge in [0.25, 0.3) is 0 Å². The molecule has 1 nitrogen and oxygen atoms in total. The Hall–Kier alpha value is 0.492. The molecule has 0 amide bonds. The second-order valence-corrected chi connectivity index (χ2v) is 6.99. The molecule has 0 unspecified atom stereocenters. The predicted molar refractivity (Wildman–Crippen MR) is 59.5 cm³/mol. The van der Waals surface area contributed by atoms with Crippen molar-refractivity contribution in [3.8, 4) is 0 Å². The molecule has 1 spiro atoms. The number of nitrogens with zero attached hydrogens (tertiary/aromatic N) is 1. The maximum absolute atomic E-state index is 2.71. The van der Waals surface area contributed by atoms with E-state index in [4.69, 9.17) is 0 Å². The van der Waals surface area contributed by atoms with Gasteiger partial charge in [-0.3, -0.25) is 0 Å². The molecule has 0 radical (unpaired) electrons. The van der Waals surface area contributed by atoms with E-state index in [1.54, 1.807) is 0 Å². The third-order valence-corrected chi connectivity index (χ3v) is 5.85.